The molecular weight excluding hydrogens is 336 g/mol. The minimum atomic E-state index is -0.320. The third kappa shape index (κ3) is 4.02. The Morgan fingerprint density at radius 3 is 2.64 bits per heavy atom. The highest BCUT2D eigenvalue weighted by Crippen LogP contribution is 2.24. The Kier molecular flexibility index (Phi) is 5.09. The molecule has 1 atom stereocenters. The molecule has 0 saturated carbocycles. The quantitative estimate of drug-likeness (QED) is 0.901. The molecule has 0 aliphatic carbocycles. The monoisotopic (exact) mass is 356 g/mol. The van der Waals surface area contributed by atoms with E-state index in [1.54, 1.807) is 4.90 Å². The van der Waals surface area contributed by atoms with Crippen molar-refractivity contribution in [2.24, 2.45) is 5.92 Å². The number of halogens is 1. The lowest BCUT2D eigenvalue weighted by Crippen LogP contribution is -2.28. The van der Waals surface area contributed by atoms with Crippen LogP contribution in [0.25, 0.3) is 0 Å². The van der Waals surface area contributed by atoms with Crippen molar-refractivity contribution in [2.45, 2.75) is 26.8 Å². The van der Waals surface area contributed by atoms with E-state index in [0.717, 1.165) is 22.4 Å². The van der Waals surface area contributed by atoms with Gasteiger partial charge < -0.3 is 10.2 Å². The van der Waals surface area contributed by atoms with E-state index in [9.17, 15) is 9.59 Å². The van der Waals surface area contributed by atoms with E-state index < -0.39 is 0 Å². The number of likely N-dealkylation sites (tertiary alicyclic amines) is 1. The summed E-state index contributed by atoms with van der Waals surface area (Å²) in [5.74, 6) is -0.406. The van der Waals surface area contributed by atoms with Gasteiger partial charge in [-0.1, -0.05) is 35.9 Å². The van der Waals surface area contributed by atoms with Crippen molar-refractivity contribution in [1.29, 1.82) is 0 Å². The number of hydrogen-bond acceptors (Lipinski definition) is 2. The van der Waals surface area contributed by atoms with Crippen LogP contribution in [0.3, 0.4) is 0 Å². The molecular formula is C20H21ClN2O2. The van der Waals surface area contributed by atoms with Crippen LogP contribution in [0.2, 0.25) is 5.02 Å². The molecule has 1 heterocycles. The van der Waals surface area contributed by atoms with Gasteiger partial charge in [0, 0.05) is 30.2 Å². The molecule has 1 N–H and O–H groups in total. The fourth-order valence-electron chi connectivity index (χ4n) is 3.03. The van der Waals surface area contributed by atoms with Gasteiger partial charge in [-0.05, 0) is 48.7 Å². The molecule has 1 aliphatic rings. The van der Waals surface area contributed by atoms with Crippen LogP contribution in [0.1, 0.15) is 23.1 Å². The highest BCUT2D eigenvalue weighted by Gasteiger charge is 2.34. The number of anilines is 1. The maximum atomic E-state index is 12.6. The van der Waals surface area contributed by atoms with Gasteiger partial charge in [0.1, 0.15) is 0 Å². The summed E-state index contributed by atoms with van der Waals surface area (Å²) in [7, 11) is 0. The zero-order valence-corrected chi connectivity index (χ0v) is 15.1. The molecule has 3 rings (SSSR count). The number of rotatable bonds is 4. The number of nitrogens with zero attached hydrogens (tertiary/aromatic N) is 1. The van der Waals surface area contributed by atoms with E-state index >= 15 is 0 Å². The topological polar surface area (TPSA) is 49.4 Å². The molecule has 130 valence electrons. The van der Waals surface area contributed by atoms with E-state index in [1.807, 2.05) is 56.3 Å². The van der Waals surface area contributed by atoms with Crippen molar-refractivity contribution >= 4 is 29.1 Å². The van der Waals surface area contributed by atoms with Crippen LogP contribution >= 0.6 is 11.6 Å². The van der Waals surface area contributed by atoms with Gasteiger partial charge >= 0.3 is 0 Å². The van der Waals surface area contributed by atoms with Crippen LogP contribution in [-0.2, 0) is 16.1 Å². The van der Waals surface area contributed by atoms with Crippen LogP contribution in [-0.4, -0.2) is 23.3 Å². The number of amides is 2. The third-order valence-electron chi connectivity index (χ3n) is 4.73. The highest BCUT2D eigenvalue weighted by molar-refractivity contribution is 6.30. The van der Waals surface area contributed by atoms with Gasteiger partial charge in [0.05, 0.1) is 5.92 Å². The SMILES string of the molecule is Cc1cccc(NC(=O)C2CC(=O)N(Cc3ccc(Cl)cc3)C2)c1C. The molecule has 0 spiro atoms. The fraction of sp³-hybridized carbons (Fsp3) is 0.300. The van der Waals surface area contributed by atoms with Crippen molar-refractivity contribution in [1.82, 2.24) is 4.90 Å². The molecule has 1 unspecified atom stereocenters. The number of nitrogens with one attached hydrogen (secondary N) is 1. The zero-order chi connectivity index (χ0) is 18.0. The summed E-state index contributed by atoms with van der Waals surface area (Å²) in [4.78, 5) is 26.5. The molecule has 1 saturated heterocycles. The maximum Gasteiger partial charge on any atom is 0.229 e. The van der Waals surface area contributed by atoms with E-state index in [-0.39, 0.29) is 24.2 Å². The number of aryl methyl sites for hydroxylation is 1. The molecule has 2 aromatic carbocycles. The Balaban J connectivity index is 1.64. The highest BCUT2D eigenvalue weighted by atomic mass is 35.5. The minimum Gasteiger partial charge on any atom is -0.338 e. The second-order valence-corrected chi connectivity index (χ2v) is 6.97. The first kappa shape index (κ1) is 17.5. The summed E-state index contributed by atoms with van der Waals surface area (Å²) in [6.07, 6.45) is 0.254. The summed E-state index contributed by atoms with van der Waals surface area (Å²) in [5.41, 5.74) is 4.00. The van der Waals surface area contributed by atoms with Crippen LogP contribution in [0.15, 0.2) is 42.5 Å². The Bertz CT molecular complexity index is 802. The largest absolute Gasteiger partial charge is 0.338 e. The van der Waals surface area contributed by atoms with Crippen LogP contribution < -0.4 is 5.32 Å². The van der Waals surface area contributed by atoms with Gasteiger partial charge in [0.15, 0.2) is 0 Å². The summed E-state index contributed by atoms with van der Waals surface area (Å²) in [6, 6.07) is 13.2. The van der Waals surface area contributed by atoms with Crippen molar-refractivity contribution in [3.05, 3.63) is 64.2 Å². The molecule has 0 aromatic heterocycles. The summed E-state index contributed by atoms with van der Waals surface area (Å²) in [5, 5.41) is 3.64. The molecule has 0 radical (unpaired) electrons. The number of carbonyl (C=O) groups is 2. The van der Waals surface area contributed by atoms with Gasteiger partial charge in [-0.15, -0.1) is 0 Å². The Morgan fingerprint density at radius 2 is 1.92 bits per heavy atom. The lowest BCUT2D eigenvalue weighted by atomic mass is 10.1. The van der Waals surface area contributed by atoms with Crippen molar-refractivity contribution in [2.75, 3.05) is 11.9 Å². The van der Waals surface area contributed by atoms with Crippen LogP contribution in [0.5, 0.6) is 0 Å². The van der Waals surface area contributed by atoms with E-state index in [4.69, 9.17) is 11.6 Å². The van der Waals surface area contributed by atoms with Gasteiger partial charge in [-0.3, -0.25) is 9.59 Å². The summed E-state index contributed by atoms with van der Waals surface area (Å²) < 4.78 is 0. The van der Waals surface area contributed by atoms with E-state index in [0.29, 0.717) is 18.1 Å². The number of benzene rings is 2. The lowest BCUT2D eigenvalue weighted by Gasteiger charge is -2.17. The van der Waals surface area contributed by atoms with Gasteiger partial charge in [-0.25, -0.2) is 0 Å². The van der Waals surface area contributed by atoms with Crippen LogP contribution in [0.4, 0.5) is 5.69 Å². The molecule has 2 amide bonds. The van der Waals surface area contributed by atoms with Gasteiger partial charge in [0.2, 0.25) is 11.8 Å². The summed E-state index contributed by atoms with van der Waals surface area (Å²) in [6.45, 7) is 4.94. The smallest absolute Gasteiger partial charge is 0.229 e. The molecule has 4 nitrogen and oxygen atoms in total. The Hall–Kier alpha value is -2.33. The fourth-order valence-corrected chi connectivity index (χ4v) is 3.16. The van der Waals surface area contributed by atoms with E-state index in [2.05, 4.69) is 5.32 Å². The van der Waals surface area contributed by atoms with Gasteiger partial charge in [-0.2, -0.15) is 0 Å². The Labute approximate surface area is 152 Å². The first-order valence-electron chi connectivity index (χ1n) is 8.33. The second kappa shape index (κ2) is 7.28. The normalized spacial score (nSPS) is 17.0. The number of hydrogen-bond donors (Lipinski definition) is 1. The molecule has 25 heavy (non-hydrogen) atoms. The average molecular weight is 357 g/mol. The molecule has 2 aromatic rings. The minimum absolute atomic E-state index is 0.0102. The molecule has 5 heteroatoms. The average Bonchev–Trinajstić information content (AvgIpc) is 2.95. The maximum absolute atomic E-state index is 12.6. The van der Waals surface area contributed by atoms with Crippen molar-refractivity contribution in [3.63, 3.8) is 0 Å². The van der Waals surface area contributed by atoms with Gasteiger partial charge in [0.25, 0.3) is 0 Å². The van der Waals surface area contributed by atoms with Crippen LogP contribution in [0, 0.1) is 19.8 Å². The number of carbonyl (C=O) groups excluding carboxylic acids is 2. The lowest BCUT2D eigenvalue weighted by molar-refractivity contribution is -0.128. The molecule has 1 fully saturated rings. The predicted molar refractivity (Wildman–Crippen MR) is 99.5 cm³/mol. The second-order valence-electron chi connectivity index (χ2n) is 6.54. The first-order chi connectivity index (χ1) is 11.9. The molecule has 0 bridgehead atoms. The zero-order valence-electron chi connectivity index (χ0n) is 14.4. The Morgan fingerprint density at radius 1 is 1.20 bits per heavy atom. The predicted octanol–water partition coefficient (Wildman–Crippen LogP) is 3.94. The standard InChI is InChI=1S/C20H21ClN2O2/c1-13-4-3-5-18(14(13)2)22-20(25)16-10-19(24)23(12-16)11-15-6-8-17(21)9-7-15/h3-9,16H,10-12H2,1-2H3,(H,22,25). The van der Waals surface area contributed by atoms with E-state index in [1.165, 1.54) is 0 Å². The molecule has 1 aliphatic heterocycles. The first-order valence-corrected chi connectivity index (χ1v) is 8.71. The third-order valence-corrected chi connectivity index (χ3v) is 4.99. The summed E-state index contributed by atoms with van der Waals surface area (Å²) >= 11 is 5.89. The van der Waals surface area contributed by atoms with Crippen molar-refractivity contribution in [3.8, 4) is 0 Å². The van der Waals surface area contributed by atoms with Crippen molar-refractivity contribution < 1.29 is 9.59 Å².